The molecule has 0 aliphatic heterocycles. The Kier molecular flexibility index (Phi) is 10.2. The highest BCUT2D eigenvalue weighted by molar-refractivity contribution is 6.18. The smallest absolute Gasteiger partial charge is 0.159 e. The van der Waals surface area contributed by atoms with Crippen LogP contribution in [0.5, 0.6) is 0 Å². The summed E-state index contributed by atoms with van der Waals surface area (Å²) in [6.07, 6.45) is 0. The minimum atomic E-state index is 0.847. The van der Waals surface area contributed by atoms with Crippen LogP contribution in [0.2, 0.25) is 0 Å². The van der Waals surface area contributed by atoms with Crippen LogP contribution in [-0.4, -0.2) is 18.3 Å². The summed E-state index contributed by atoms with van der Waals surface area (Å²) in [5.74, 6) is 0. The highest BCUT2D eigenvalue weighted by Gasteiger charge is 2.24. The van der Waals surface area contributed by atoms with E-state index in [-0.39, 0.29) is 0 Å². The minimum Gasteiger partial charge on any atom is -0.456 e. The summed E-state index contributed by atoms with van der Waals surface area (Å²) in [4.78, 5) is 0. The molecule has 0 fully saturated rings. The maximum atomic E-state index is 7.03. The van der Waals surface area contributed by atoms with Gasteiger partial charge in [0.25, 0.3) is 0 Å². The third-order valence-electron chi connectivity index (χ3n) is 19.1. The Morgan fingerprint density at radius 1 is 0.178 bits per heavy atom. The molecule has 6 heterocycles. The van der Waals surface area contributed by atoms with Crippen LogP contribution in [0.1, 0.15) is 0 Å². The second-order valence-corrected chi connectivity index (χ2v) is 24.0. The van der Waals surface area contributed by atoms with Gasteiger partial charge in [-0.15, -0.1) is 0 Å². The van der Waals surface area contributed by atoms with Crippen molar-refractivity contribution in [3.63, 3.8) is 0 Å². The Morgan fingerprint density at radius 3 is 1.00 bits per heavy atom. The summed E-state index contributed by atoms with van der Waals surface area (Å²) in [6, 6.07) is 111. The normalized spacial score (nSPS) is 12.2. The van der Waals surface area contributed by atoms with Gasteiger partial charge >= 0.3 is 0 Å². The molecule has 0 aliphatic carbocycles. The van der Waals surface area contributed by atoms with Crippen LogP contribution in [0, 0.1) is 0 Å². The van der Waals surface area contributed by atoms with E-state index < -0.39 is 0 Å². The van der Waals surface area contributed by atoms with Crippen LogP contribution in [0.15, 0.2) is 312 Å². The lowest BCUT2D eigenvalue weighted by molar-refractivity contribution is 0.666. The Morgan fingerprint density at radius 2 is 0.511 bits per heavy atom. The number of para-hydroxylation sites is 7. The molecule has 0 bridgehead atoms. The van der Waals surface area contributed by atoms with Crippen LogP contribution in [-0.2, 0) is 0 Å². The molecule has 0 aliphatic rings. The SMILES string of the molecule is c1ccc(-n2c3ccccc3c3cc(-c4ccc5c(c4)c4cc(-c6cc(-n7c8ccccc8c8cc(-c9ccc%10c(c9)c9ccccc9n%10-c9ccccc9)ccc87)c7oc8ccccc8c7c6)ccc4n5-c4ccc5oc6ccccc6c5c4)ccc32)cc1. The third kappa shape index (κ3) is 7.09. The first-order valence-electron chi connectivity index (χ1n) is 30.8. The van der Waals surface area contributed by atoms with E-state index >= 15 is 0 Å². The van der Waals surface area contributed by atoms with Gasteiger partial charge in [-0.05, 0) is 179 Å². The average Bonchev–Trinajstić information content (AvgIpc) is 1.82. The molecule has 0 radical (unpaired) electrons. The van der Waals surface area contributed by atoms with Gasteiger partial charge in [-0.1, -0.05) is 158 Å². The van der Waals surface area contributed by atoms with Crippen LogP contribution in [0.4, 0.5) is 0 Å². The maximum absolute atomic E-state index is 7.03. The molecule has 0 spiro atoms. The number of rotatable bonds is 7. The Hall–Kier alpha value is -12.1. The fourth-order valence-corrected chi connectivity index (χ4v) is 15.1. The number of hydrogen-bond donors (Lipinski definition) is 0. The zero-order chi connectivity index (χ0) is 58.7. The Labute approximate surface area is 514 Å². The standard InChI is InChI=1S/C84H50N4O2/c1-3-17-57(18-4-1)85-72-26-12-7-21-60(72)65-43-51(31-37-75(65)85)53-34-41-79-67(45-53)62-23-9-14-28-74(62)88(79)80-49-56(48-71-64-25-11-16-30-82(64)90-84(71)80)55-35-40-78-69(47-55)68-46-54(33-39-77(68)87(78)59-36-42-83-70(50-59)63-24-10-15-29-81(63)89-83)52-32-38-76-66(44-52)61-22-8-13-27-73(61)86(76)58-19-5-2-6-20-58/h1-50H. The fraction of sp³-hybridized carbons (Fsp3) is 0. The molecule has 6 heteroatoms. The van der Waals surface area contributed by atoms with E-state index in [2.05, 4.69) is 316 Å². The molecule has 418 valence electrons. The van der Waals surface area contributed by atoms with Crippen molar-refractivity contribution in [1.29, 1.82) is 0 Å². The molecule has 0 atom stereocenters. The van der Waals surface area contributed by atoms with E-state index in [9.17, 15) is 0 Å². The monoisotopic (exact) mass is 1150 g/mol. The zero-order valence-electron chi connectivity index (χ0n) is 48.5. The third-order valence-corrected chi connectivity index (χ3v) is 19.1. The van der Waals surface area contributed by atoms with E-state index in [1.54, 1.807) is 0 Å². The minimum absolute atomic E-state index is 0.847. The first-order chi connectivity index (χ1) is 44.6. The van der Waals surface area contributed by atoms with E-state index in [4.69, 9.17) is 8.83 Å². The lowest BCUT2D eigenvalue weighted by Gasteiger charge is -2.13. The first kappa shape index (κ1) is 49.0. The van der Waals surface area contributed by atoms with Crippen molar-refractivity contribution in [2.75, 3.05) is 0 Å². The van der Waals surface area contributed by atoms with Crippen molar-refractivity contribution < 1.29 is 8.83 Å². The lowest BCUT2D eigenvalue weighted by Crippen LogP contribution is -1.96. The van der Waals surface area contributed by atoms with Crippen LogP contribution < -0.4 is 0 Å². The van der Waals surface area contributed by atoms with Gasteiger partial charge in [0.2, 0.25) is 0 Å². The number of aromatic nitrogens is 4. The van der Waals surface area contributed by atoms with Gasteiger partial charge in [-0.2, -0.15) is 0 Å². The van der Waals surface area contributed by atoms with Crippen molar-refractivity contribution in [1.82, 2.24) is 18.3 Å². The number of furan rings is 2. The second kappa shape index (κ2) is 18.7. The molecule has 90 heavy (non-hydrogen) atoms. The summed E-state index contributed by atoms with van der Waals surface area (Å²) >= 11 is 0. The molecule has 0 saturated heterocycles. The topological polar surface area (TPSA) is 46.0 Å². The Balaban J connectivity index is 0.783. The molecule has 6 aromatic heterocycles. The Bertz CT molecular complexity index is 6400. The number of benzene rings is 14. The van der Waals surface area contributed by atoms with Crippen molar-refractivity contribution in [3.05, 3.63) is 303 Å². The number of hydrogen-bond acceptors (Lipinski definition) is 2. The first-order valence-corrected chi connectivity index (χ1v) is 30.8. The van der Waals surface area contributed by atoms with Gasteiger partial charge in [0.1, 0.15) is 16.7 Å². The largest absolute Gasteiger partial charge is 0.456 e. The summed E-state index contributed by atoms with van der Waals surface area (Å²) in [7, 11) is 0. The molecule has 14 aromatic carbocycles. The predicted molar refractivity (Wildman–Crippen MR) is 375 cm³/mol. The van der Waals surface area contributed by atoms with Crippen LogP contribution in [0.25, 0.3) is 187 Å². The quantitative estimate of drug-likeness (QED) is 0.160. The van der Waals surface area contributed by atoms with Crippen LogP contribution in [0.3, 0.4) is 0 Å². The highest BCUT2D eigenvalue weighted by atomic mass is 16.3. The van der Waals surface area contributed by atoms with Gasteiger partial charge < -0.3 is 27.1 Å². The van der Waals surface area contributed by atoms with Gasteiger partial charge in [-0.25, -0.2) is 0 Å². The lowest BCUT2D eigenvalue weighted by atomic mass is 9.98. The molecule has 20 rings (SSSR count). The molecular weight excluding hydrogens is 1100 g/mol. The second-order valence-electron chi connectivity index (χ2n) is 24.0. The summed E-state index contributed by atoms with van der Waals surface area (Å²) in [5, 5.41) is 13.9. The van der Waals surface area contributed by atoms with E-state index in [1.165, 1.54) is 65.3 Å². The van der Waals surface area contributed by atoms with Gasteiger partial charge in [0.05, 0.1) is 49.8 Å². The predicted octanol–water partition coefficient (Wildman–Crippen LogP) is 22.9. The molecule has 6 nitrogen and oxygen atoms in total. The average molecular weight is 1150 g/mol. The van der Waals surface area contributed by atoms with Crippen LogP contribution >= 0.6 is 0 Å². The number of nitrogens with zero attached hydrogens (tertiary/aromatic N) is 4. The van der Waals surface area contributed by atoms with Gasteiger partial charge in [0, 0.05) is 81.7 Å². The molecular formula is C84H50N4O2. The maximum Gasteiger partial charge on any atom is 0.159 e. The van der Waals surface area contributed by atoms with Crippen molar-refractivity contribution in [3.8, 4) is 56.1 Å². The van der Waals surface area contributed by atoms with E-state index in [0.29, 0.717) is 0 Å². The van der Waals surface area contributed by atoms with Gasteiger partial charge in [0.15, 0.2) is 5.58 Å². The number of fused-ring (bicyclic) bond motifs is 18. The molecule has 0 unspecified atom stereocenters. The molecule has 20 aromatic rings. The molecule has 0 N–H and O–H groups in total. The molecule has 0 saturated carbocycles. The van der Waals surface area contributed by atoms with E-state index in [1.807, 2.05) is 6.07 Å². The summed E-state index contributed by atoms with van der Waals surface area (Å²) < 4.78 is 23.0. The fourth-order valence-electron chi connectivity index (χ4n) is 15.1. The van der Waals surface area contributed by atoms with E-state index in [0.717, 1.165) is 122 Å². The van der Waals surface area contributed by atoms with Gasteiger partial charge in [-0.3, -0.25) is 0 Å². The summed E-state index contributed by atoms with van der Waals surface area (Å²) in [5.41, 5.74) is 23.9. The molecule has 0 amide bonds. The highest BCUT2D eigenvalue weighted by Crippen LogP contribution is 2.46. The zero-order valence-corrected chi connectivity index (χ0v) is 48.5. The van der Waals surface area contributed by atoms with Crippen molar-refractivity contribution in [2.24, 2.45) is 0 Å². The van der Waals surface area contributed by atoms with Crippen molar-refractivity contribution >= 4 is 131 Å². The van der Waals surface area contributed by atoms with Crippen molar-refractivity contribution in [2.45, 2.75) is 0 Å². The summed E-state index contributed by atoms with van der Waals surface area (Å²) in [6.45, 7) is 0.